The van der Waals surface area contributed by atoms with Gasteiger partial charge in [-0.05, 0) is 54.8 Å². The van der Waals surface area contributed by atoms with Crippen LogP contribution in [0, 0.1) is 0 Å². The highest BCUT2D eigenvalue weighted by Crippen LogP contribution is 2.32. The van der Waals surface area contributed by atoms with E-state index < -0.39 is 17.8 Å². The monoisotopic (exact) mass is 531 g/mol. The molecule has 0 bridgehead atoms. The van der Waals surface area contributed by atoms with Crippen LogP contribution in [-0.2, 0) is 20.7 Å². The Morgan fingerprint density at radius 2 is 1.58 bits per heavy atom. The van der Waals surface area contributed by atoms with Gasteiger partial charge < -0.3 is 15.4 Å². The molecule has 0 atom stereocenters. The average Bonchev–Trinajstić information content (AvgIpc) is 3.15. The van der Waals surface area contributed by atoms with Gasteiger partial charge in [0.2, 0.25) is 0 Å². The fraction of sp³-hybridized carbons (Fsp3) is 0.172. The number of imide groups is 1. The Labute approximate surface area is 225 Å². The number of hydrogen-bond acceptors (Lipinski definition) is 6. The van der Waals surface area contributed by atoms with Crippen LogP contribution in [0.25, 0.3) is 0 Å². The zero-order valence-corrected chi connectivity index (χ0v) is 21.5. The summed E-state index contributed by atoms with van der Waals surface area (Å²) in [6.45, 7) is 2.56. The minimum atomic E-state index is -0.760. The van der Waals surface area contributed by atoms with Crippen molar-refractivity contribution in [3.8, 4) is 0 Å². The molecule has 3 aromatic carbocycles. The van der Waals surface area contributed by atoms with E-state index in [2.05, 4.69) is 10.6 Å². The topological polar surface area (TPSA) is 105 Å². The summed E-state index contributed by atoms with van der Waals surface area (Å²) in [5, 5.41) is 5.44. The summed E-state index contributed by atoms with van der Waals surface area (Å²) >= 11 is 6.25. The molecule has 0 fully saturated rings. The Morgan fingerprint density at radius 3 is 2.29 bits per heavy atom. The third kappa shape index (κ3) is 5.92. The molecule has 8 nitrogen and oxygen atoms in total. The van der Waals surface area contributed by atoms with Crippen LogP contribution in [-0.4, -0.2) is 36.8 Å². The first-order chi connectivity index (χ1) is 18.4. The molecule has 3 amide bonds. The predicted molar refractivity (Wildman–Crippen MR) is 145 cm³/mol. The molecule has 1 heterocycles. The van der Waals surface area contributed by atoms with Crippen molar-refractivity contribution >= 4 is 46.7 Å². The van der Waals surface area contributed by atoms with Crippen LogP contribution in [0.15, 0.2) is 89.6 Å². The fourth-order valence-electron chi connectivity index (χ4n) is 3.86. The molecule has 0 aromatic heterocycles. The normalized spacial score (nSPS) is 13.1. The molecule has 9 heteroatoms. The van der Waals surface area contributed by atoms with E-state index in [4.69, 9.17) is 16.3 Å². The number of esters is 1. The summed E-state index contributed by atoms with van der Waals surface area (Å²) in [5.41, 5.74) is 2.06. The lowest BCUT2D eigenvalue weighted by Crippen LogP contribution is -2.33. The molecule has 4 rings (SSSR count). The van der Waals surface area contributed by atoms with E-state index in [9.17, 15) is 19.2 Å². The van der Waals surface area contributed by atoms with Crippen LogP contribution in [0.4, 0.5) is 11.4 Å². The minimum Gasteiger partial charge on any atom is -0.462 e. The number of hydrogen-bond donors (Lipinski definition) is 2. The molecule has 3 aromatic rings. The van der Waals surface area contributed by atoms with Crippen molar-refractivity contribution in [3.05, 3.63) is 106 Å². The molecule has 38 heavy (non-hydrogen) atoms. The van der Waals surface area contributed by atoms with Crippen molar-refractivity contribution in [2.75, 3.05) is 23.4 Å². The molecule has 0 saturated heterocycles. The van der Waals surface area contributed by atoms with Crippen LogP contribution < -0.4 is 15.5 Å². The second kappa shape index (κ2) is 12.2. The molecule has 0 aliphatic carbocycles. The zero-order chi connectivity index (χ0) is 27.1. The Kier molecular flexibility index (Phi) is 8.55. The van der Waals surface area contributed by atoms with Gasteiger partial charge in [0.25, 0.3) is 17.7 Å². The zero-order valence-electron chi connectivity index (χ0n) is 20.7. The van der Waals surface area contributed by atoms with Gasteiger partial charge in [-0.15, -0.1) is 0 Å². The van der Waals surface area contributed by atoms with Gasteiger partial charge in [0, 0.05) is 17.8 Å². The Hall–Kier alpha value is -4.43. The smallest absolute Gasteiger partial charge is 0.340 e. The van der Waals surface area contributed by atoms with Crippen molar-refractivity contribution in [1.29, 1.82) is 0 Å². The average molecular weight is 532 g/mol. The number of rotatable bonds is 10. The van der Waals surface area contributed by atoms with Gasteiger partial charge in [0.05, 0.1) is 17.9 Å². The molecule has 0 radical (unpaired) electrons. The van der Waals surface area contributed by atoms with E-state index >= 15 is 0 Å². The third-order valence-electron chi connectivity index (χ3n) is 5.79. The number of nitrogens with one attached hydrogen (secondary N) is 2. The summed E-state index contributed by atoms with van der Waals surface area (Å²) in [6.07, 6.45) is 1.34. The fourth-order valence-corrected chi connectivity index (χ4v) is 4.07. The number of carbonyl (C=O) groups is 4. The van der Waals surface area contributed by atoms with Gasteiger partial charge in [-0.2, -0.15) is 0 Å². The van der Waals surface area contributed by atoms with Crippen LogP contribution in [0.1, 0.15) is 39.6 Å². The molecule has 1 aliphatic rings. The quantitative estimate of drug-likeness (QED) is 0.291. The van der Waals surface area contributed by atoms with Gasteiger partial charge in [-0.3, -0.25) is 14.4 Å². The maximum Gasteiger partial charge on any atom is 0.340 e. The van der Waals surface area contributed by atoms with Gasteiger partial charge in [0.1, 0.15) is 10.7 Å². The summed E-state index contributed by atoms with van der Waals surface area (Å²) < 4.78 is 5.19. The van der Waals surface area contributed by atoms with Gasteiger partial charge in [-0.1, -0.05) is 61.0 Å². The number of anilines is 2. The van der Waals surface area contributed by atoms with E-state index in [1.54, 1.807) is 36.4 Å². The van der Waals surface area contributed by atoms with Crippen molar-refractivity contribution < 1.29 is 23.9 Å². The number of carbonyl (C=O) groups excluding carboxylic acids is 4. The molecule has 2 N–H and O–H groups in total. The Bertz CT molecular complexity index is 1390. The molecule has 0 saturated carbocycles. The first kappa shape index (κ1) is 26.6. The lowest BCUT2D eigenvalue weighted by molar-refractivity contribution is -0.120. The van der Waals surface area contributed by atoms with Crippen LogP contribution in [0.3, 0.4) is 0 Å². The highest BCUT2D eigenvalue weighted by Gasteiger charge is 2.40. The Morgan fingerprint density at radius 1 is 0.895 bits per heavy atom. The summed E-state index contributed by atoms with van der Waals surface area (Å²) in [6, 6.07) is 22.5. The van der Waals surface area contributed by atoms with Crippen molar-refractivity contribution in [3.63, 3.8) is 0 Å². The number of amides is 3. The predicted octanol–water partition coefficient (Wildman–Crippen LogP) is 4.66. The molecule has 0 spiro atoms. The SMILES string of the molecule is CCCOC(=O)c1ccccc1N1C(=O)C(Cl)=C(Nc2ccc(C(=O)NCCc3ccccc3)cc2)C1=O. The lowest BCUT2D eigenvalue weighted by Gasteiger charge is -2.18. The number of halogens is 1. The largest absolute Gasteiger partial charge is 0.462 e. The maximum atomic E-state index is 13.2. The molecular formula is C29H26ClN3O5. The van der Waals surface area contributed by atoms with Crippen LogP contribution >= 0.6 is 11.6 Å². The van der Waals surface area contributed by atoms with Crippen molar-refractivity contribution in [1.82, 2.24) is 5.32 Å². The summed E-state index contributed by atoms with van der Waals surface area (Å²) in [5.74, 6) is -2.34. The van der Waals surface area contributed by atoms with Gasteiger partial charge in [-0.25, -0.2) is 9.69 Å². The highest BCUT2D eigenvalue weighted by atomic mass is 35.5. The second-order valence-corrected chi connectivity index (χ2v) is 8.86. The first-order valence-corrected chi connectivity index (χ1v) is 12.5. The van der Waals surface area contributed by atoms with Crippen molar-refractivity contribution in [2.24, 2.45) is 0 Å². The molecular weight excluding hydrogens is 506 g/mol. The standard InChI is InChI=1S/C29H26ClN3O5/c1-2-18-38-29(37)22-10-6-7-11-23(22)33-27(35)24(30)25(28(33)36)32-21-14-12-20(13-15-21)26(34)31-17-16-19-8-4-3-5-9-19/h3-15,32H,2,16-18H2,1H3,(H,31,34). The van der Waals surface area contributed by atoms with E-state index in [0.717, 1.165) is 10.5 Å². The lowest BCUT2D eigenvalue weighted by atomic mass is 10.1. The third-order valence-corrected chi connectivity index (χ3v) is 6.14. The Balaban J connectivity index is 1.43. The summed E-state index contributed by atoms with van der Waals surface area (Å²) in [4.78, 5) is 52.0. The maximum absolute atomic E-state index is 13.2. The van der Waals surface area contributed by atoms with E-state index in [1.165, 1.54) is 12.1 Å². The molecule has 1 aliphatic heterocycles. The number of benzene rings is 3. The highest BCUT2D eigenvalue weighted by molar-refractivity contribution is 6.53. The minimum absolute atomic E-state index is 0.0796. The molecule has 0 unspecified atom stereocenters. The van der Waals surface area contributed by atoms with E-state index in [0.29, 0.717) is 30.6 Å². The number of para-hydroxylation sites is 1. The van der Waals surface area contributed by atoms with Gasteiger partial charge in [0.15, 0.2) is 0 Å². The van der Waals surface area contributed by atoms with E-state index in [-0.39, 0.29) is 34.5 Å². The van der Waals surface area contributed by atoms with E-state index in [1.807, 2.05) is 37.3 Å². The van der Waals surface area contributed by atoms with Crippen molar-refractivity contribution in [2.45, 2.75) is 19.8 Å². The van der Waals surface area contributed by atoms with Gasteiger partial charge >= 0.3 is 5.97 Å². The summed E-state index contributed by atoms with van der Waals surface area (Å²) in [7, 11) is 0. The van der Waals surface area contributed by atoms with Crippen LogP contribution in [0.5, 0.6) is 0 Å². The van der Waals surface area contributed by atoms with Crippen LogP contribution in [0.2, 0.25) is 0 Å². The number of nitrogens with zero attached hydrogens (tertiary/aromatic N) is 1. The number of ether oxygens (including phenoxy) is 1. The second-order valence-electron chi connectivity index (χ2n) is 8.48. The molecule has 194 valence electrons. The first-order valence-electron chi connectivity index (χ1n) is 12.1.